The monoisotopic (exact) mass is 374 g/mol. The number of rotatable bonds is 4. The van der Waals surface area contributed by atoms with Crippen molar-refractivity contribution in [2.24, 2.45) is 7.05 Å². The minimum Gasteiger partial charge on any atom is -0.296 e. The van der Waals surface area contributed by atoms with E-state index in [4.69, 9.17) is 0 Å². The summed E-state index contributed by atoms with van der Waals surface area (Å²) >= 11 is 0. The molecular formula is C18H22N4O3S. The maximum atomic E-state index is 12.9. The number of hydrogen-bond donors (Lipinski definition) is 1. The Morgan fingerprint density at radius 2 is 1.85 bits per heavy atom. The van der Waals surface area contributed by atoms with E-state index in [2.05, 4.69) is 9.82 Å². The number of piperidine rings is 1. The first-order valence-electron chi connectivity index (χ1n) is 8.83. The minimum absolute atomic E-state index is 0.209. The summed E-state index contributed by atoms with van der Waals surface area (Å²) in [6, 6.07) is 8.85. The molecule has 138 valence electrons. The molecule has 0 unspecified atom stereocenters. The average molecular weight is 374 g/mol. The number of sulfonamides is 1. The van der Waals surface area contributed by atoms with Gasteiger partial charge in [0.15, 0.2) is 0 Å². The molecule has 0 radical (unpaired) electrons. The van der Waals surface area contributed by atoms with Gasteiger partial charge in [-0.25, -0.2) is 13.1 Å². The number of nitrogens with zero attached hydrogens (tertiary/aromatic N) is 3. The third-order valence-electron chi connectivity index (χ3n) is 5.27. The highest BCUT2D eigenvalue weighted by Gasteiger charge is 2.38. The van der Waals surface area contributed by atoms with Crippen LogP contribution in [0.1, 0.15) is 24.0 Å². The zero-order valence-corrected chi connectivity index (χ0v) is 15.4. The third kappa shape index (κ3) is 3.03. The van der Waals surface area contributed by atoms with Crippen LogP contribution in [0.15, 0.2) is 36.5 Å². The quantitative estimate of drug-likeness (QED) is 0.865. The van der Waals surface area contributed by atoms with Crippen molar-refractivity contribution >= 4 is 21.7 Å². The normalized spacial score (nSPS) is 21.2. The number of amides is 1. The smallest absolute Gasteiger partial charge is 0.246 e. The van der Waals surface area contributed by atoms with Gasteiger partial charge in [0.05, 0.1) is 11.4 Å². The molecule has 1 saturated heterocycles. The van der Waals surface area contributed by atoms with Gasteiger partial charge in [0.2, 0.25) is 15.9 Å². The SMILES string of the molecule is Cn1nccc1N1CCC[C@H](NS(=O)(=O)C2Cc3ccccc3C2)C1=O. The summed E-state index contributed by atoms with van der Waals surface area (Å²) < 4.78 is 30.1. The number of nitrogens with one attached hydrogen (secondary N) is 1. The highest BCUT2D eigenvalue weighted by molar-refractivity contribution is 7.90. The Morgan fingerprint density at radius 1 is 1.15 bits per heavy atom. The van der Waals surface area contributed by atoms with Crippen LogP contribution in [0.4, 0.5) is 5.82 Å². The van der Waals surface area contributed by atoms with E-state index in [1.54, 1.807) is 28.9 Å². The molecule has 7 nitrogen and oxygen atoms in total. The summed E-state index contributed by atoms with van der Waals surface area (Å²) in [5.41, 5.74) is 2.16. The Balaban J connectivity index is 1.50. The number of carbonyl (C=O) groups is 1. The van der Waals surface area contributed by atoms with Gasteiger partial charge >= 0.3 is 0 Å². The number of aryl methyl sites for hydroxylation is 1. The van der Waals surface area contributed by atoms with E-state index in [9.17, 15) is 13.2 Å². The van der Waals surface area contributed by atoms with Crippen molar-refractivity contribution in [1.29, 1.82) is 0 Å². The largest absolute Gasteiger partial charge is 0.296 e. The van der Waals surface area contributed by atoms with Gasteiger partial charge in [-0.1, -0.05) is 24.3 Å². The fourth-order valence-electron chi connectivity index (χ4n) is 3.88. The van der Waals surface area contributed by atoms with E-state index in [1.807, 2.05) is 24.3 Å². The van der Waals surface area contributed by atoms with Crippen LogP contribution in [0.25, 0.3) is 0 Å². The molecule has 2 aliphatic rings. The summed E-state index contributed by atoms with van der Waals surface area (Å²) in [6.45, 7) is 0.575. The molecule has 8 heteroatoms. The number of fused-ring (bicyclic) bond motifs is 1. The molecular weight excluding hydrogens is 352 g/mol. The zero-order chi connectivity index (χ0) is 18.3. The first-order valence-corrected chi connectivity index (χ1v) is 10.4. The maximum Gasteiger partial charge on any atom is 0.246 e. The van der Waals surface area contributed by atoms with Crippen molar-refractivity contribution in [2.75, 3.05) is 11.4 Å². The molecule has 1 atom stereocenters. The van der Waals surface area contributed by atoms with E-state index in [0.717, 1.165) is 17.5 Å². The summed E-state index contributed by atoms with van der Waals surface area (Å²) in [5.74, 6) is 0.478. The van der Waals surface area contributed by atoms with Gasteiger partial charge in [-0.15, -0.1) is 0 Å². The van der Waals surface area contributed by atoms with Crippen LogP contribution in [-0.4, -0.2) is 41.9 Å². The predicted molar refractivity (Wildman–Crippen MR) is 98.3 cm³/mol. The minimum atomic E-state index is -3.58. The maximum absolute atomic E-state index is 12.9. The van der Waals surface area contributed by atoms with Crippen LogP contribution in [-0.2, 0) is 34.7 Å². The summed E-state index contributed by atoms with van der Waals surface area (Å²) in [7, 11) is -1.81. The fourth-order valence-corrected chi connectivity index (χ4v) is 5.48. The lowest BCUT2D eigenvalue weighted by molar-refractivity contribution is -0.121. The highest BCUT2D eigenvalue weighted by Crippen LogP contribution is 2.27. The highest BCUT2D eigenvalue weighted by atomic mass is 32.2. The standard InChI is InChI=1S/C18H22N4O3S/c1-21-17(8-9-19-21)22-10-4-7-16(18(22)23)20-26(24,25)15-11-13-5-2-3-6-14(13)12-15/h2-3,5-6,8-9,15-16,20H,4,7,10-12H2,1H3/t16-/m0/s1. The Bertz CT molecular complexity index is 912. The van der Waals surface area contributed by atoms with Gasteiger partial charge in [-0.2, -0.15) is 5.10 Å². The van der Waals surface area contributed by atoms with Gasteiger partial charge in [-0.3, -0.25) is 14.4 Å². The second-order valence-corrected chi connectivity index (χ2v) is 8.95. The number of hydrogen-bond acceptors (Lipinski definition) is 4. The van der Waals surface area contributed by atoms with E-state index in [0.29, 0.717) is 31.6 Å². The van der Waals surface area contributed by atoms with Crippen LogP contribution in [0.2, 0.25) is 0 Å². The van der Waals surface area contributed by atoms with Crippen molar-refractivity contribution < 1.29 is 13.2 Å². The van der Waals surface area contributed by atoms with Gasteiger partial charge in [0, 0.05) is 19.7 Å². The van der Waals surface area contributed by atoms with Gasteiger partial charge < -0.3 is 0 Å². The fraction of sp³-hybridized carbons (Fsp3) is 0.444. The van der Waals surface area contributed by atoms with E-state index in [1.165, 1.54) is 0 Å². The molecule has 0 saturated carbocycles. The summed E-state index contributed by atoms with van der Waals surface area (Å²) in [5, 5.41) is 3.58. The number of aromatic nitrogens is 2. The Morgan fingerprint density at radius 3 is 2.46 bits per heavy atom. The third-order valence-corrected chi connectivity index (χ3v) is 7.09. The lowest BCUT2D eigenvalue weighted by Gasteiger charge is -2.32. The average Bonchev–Trinajstić information content (AvgIpc) is 3.23. The van der Waals surface area contributed by atoms with Crippen molar-refractivity contribution in [3.63, 3.8) is 0 Å². The molecule has 4 rings (SSSR count). The lowest BCUT2D eigenvalue weighted by atomic mass is 10.1. The second kappa shape index (κ2) is 6.51. The van der Waals surface area contributed by atoms with Crippen LogP contribution < -0.4 is 9.62 Å². The zero-order valence-electron chi connectivity index (χ0n) is 14.6. The Hall–Kier alpha value is -2.19. The van der Waals surface area contributed by atoms with Crippen molar-refractivity contribution in [1.82, 2.24) is 14.5 Å². The molecule has 0 spiro atoms. The van der Waals surface area contributed by atoms with Crippen LogP contribution >= 0.6 is 0 Å². The Labute approximate surface area is 153 Å². The van der Waals surface area contributed by atoms with Crippen LogP contribution in [0.5, 0.6) is 0 Å². The summed E-state index contributed by atoms with van der Waals surface area (Å²) in [4.78, 5) is 14.5. The van der Waals surface area contributed by atoms with Gasteiger partial charge in [0.1, 0.15) is 11.9 Å². The number of carbonyl (C=O) groups excluding carboxylic acids is 1. The van der Waals surface area contributed by atoms with E-state index < -0.39 is 21.3 Å². The van der Waals surface area contributed by atoms with Crippen molar-refractivity contribution in [3.05, 3.63) is 47.7 Å². The van der Waals surface area contributed by atoms with Crippen molar-refractivity contribution in [2.45, 2.75) is 37.0 Å². The molecule has 1 fully saturated rings. The first kappa shape index (κ1) is 17.2. The van der Waals surface area contributed by atoms with Crippen molar-refractivity contribution in [3.8, 4) is 0 Å². The second-order valence-electron chi connectivity index (χ2n) is 6.96. The molecule has 1 aromatic heterocycles. The predicted octanol–water partition coefficient (Wildman–Crippen LogP) is 1.00. The molecule has 1 aliphatic heterocycles. The van der Waals surface area contributed by atoms with Crippen LogP contribution in [0, 0.1) is 0 Å². The molecule has 2 aromatic rings. The molecule has 26 heavy (non-hydrogen) atoms. The van der Waals surface area contributed by atoms with Crippen LogP contribution in [0.3, 0.4) is 0 Å². The van der Waals surface area contributed by atoms with Gasteiger partial charge in [0.25, 0.3) is 0 Å². The number of anilines is 1. The molecule has 1 aromatic carbocycles. The van der Waals surface area contributed by atoms with E-state index >= 15 is 0 Å². The first-order chi connectivity index (χ1) is 12.5. The molecule has 1 aliphatic carbocycles. The molecule has 0 bridgehead atoms. The molecule has 1 amide bonds. The molecule has 2 heterocycles. The van der Waals surface area contributed by atoms with Gasteiger partial charge in [-0.05, 0) is 36.8 Å². The Kier molecular flexibility index (Phi) is 4.32. The lowest BCUT2D eigenvalue weighted by Crippen LogP contribution is -2.54. The van der Waals surface area contributed by atoms with E-state index in [-0.39, 0.29) is 5.91 Å². The molecule has 1 N–H and O–H groups in total. The summed E-state index contributed by atoms with van der Waals surface area (Å²) in [6.07, 6.45) is 3.89. The topological polar surface area (TPSA) is 84.3 Å². The number of benzene rings is 1.